The number of hydrogen-bond acceptors (Lipinski definition) is 5. The molecule has 0 aliphatic heterocycles. The molecule has 0 radical (unpaired) electrons. The first-order valence-corrected chi connectivity index (χ1v) is 10.9. The summed E-state index contributed by atoms with van der Waals surface area (Å²) >= 11 is 9.21. The normalized spacial score (nSPS) is 19.8. The summed E-state index contributed by atoms with van der Waals surface area (Å²) in [6.45, 7) is 0. The van der Waals surface area contributed by atoms with Crippen molar-refractivity contribution in [1.29, 1.82) is 0 Å². The summed E-state index contributed by atoms with van der Waals surface area (Å²) < 4.78 is 35.9. The fraction of sp³-hybridized carbons (Fsp3) is 0.294. The number of fused-ring (bicyclic) bond motifs is 1. The predicted molar refractivity (Wildman–Crippen MR) is 105 cm³/mol. The van der Waals surface area contributed by atoms with E-state index in [1.165, 1.54) is 17.8 Å². The maximum atomic E-state index is 12.9. The van der Waals surface area contributed by atoms with Crippen molar-refractivity contribution in [1.82, 2.24) is 19.3 Å². The zero-order valence-electron chi connectivity index (χ0n) is 14.3. The molecule has 1 saturated carbocycles. The zero-order valence-corrected chi connectivity index (χ0v) is 17.4. The van der Waals surface area contributed by atoms with Gasteiger partial charge >= 0.3 is 0 Å². The summed E-state index contributed by atoms with van der Waals surface area (Å²) in [6, 6.07) is 7.51. The van der Waals surface area contributed by atoms with E-state index >= 15 is 0 Å². The summed E-state index contributed by atoms with van der Waals surface area (Å²) in [7, 11) is -2.44. The molecular weight excluding hydrogens is 456 g/mol. The lowest BCUT2D eigenvalue weighted by molar-refractivity contribution is 0.325. The van der Waals surface area contributed by atoms with Crippen LogP contribution in [0.2, 0.25) is 5.02 Å². The van der Waals surface area contributed by atoms with Crippen molar-refractivity contribution in [2.45, 2.75) is 29.7 Å². The predicted octanol–water partition coefficient (Wildman–Crippen LogP) is 3.38. The SMILES string of the molecule is COc1nn2cc(Br)cnc2c1S(=O)(=O)NC1CC(c2ccc(Cl)cc2)C1. The largest absolute Gasteiger partial charge is 0.479 e. The van der Waals surface area contributed by atoms with E-state index in [9.17, 15) is 8.42 Å². The van der Waals surface area contributed by atoms with Crippen molar-refractivity contribution in [2.75, 3.05) is 7.11 Å². The van der Waals surface area contributed by atoms with Gasteiger partial charge in [-0.3, -0.25) is 0 Å². The van der Waals surface area contributed by atoms with Crippen LogP contribution in [-0.2, 0) is 10.0 Å². The third-order valence-corrected chi connectivity index (χ3v) is 6.83. The maximum absolute atomic E-state index is 12.9. The van der Waals surface area contributed by atoms with E-state index in [0.717, 1.165) is 18.4 Å². The van der Waals surface area contributed by atoms with Crippen molar-refractivity contribution in [3.63, 3.8) is 0 Å². The van der Waals surface area contributed by atoms with Crippen molar-refractivity contribution in [3.05, 3.63) is 51.7 Å². The lowest BCUT2D eigenvalue weighted by atomic mass is 9.76. The van der Waals surface area contributed by atoms with E-state index in [1.807, 2.05) is 24.3 Å². The Balaban J connectivity index is 1.55. The molecule has 0 atom stereocenters. The molecule has 0 amide bonds. The highest BCUT2D eigenvalue weighted by Gasteiger charge is 2.36. The second kappa shape index (κ2) is 7.05. The maximum Gasteiger partial charge on any atom is 0.255 e. The van der Waals surface area contributed by atoms with E-state index in [2.05, 4.69) is 30.7 Å². The number of nitrogens with one attached hydrogen (secondary N) is 1. The lowest BCUT2D eigenvalue weighted by Gasteiger charge is -2.35. The molecule has 1 fully saturated rings. The lowest BCUT2D eigenvalue weighted by Crippen LogP contribution is -2.43. The topological polar surface area (TPSA) is 85.6 Å². The Kier molecular flexibility index (Phi) is 4.87. The summed E-state index contributed by atoms with van der Waals surface area (Å²) in [5.74, 6) is 0.330. The minimum absolute atomic E-state index is 0.0154. The van der Waals surface area contributed by atoms with E-state index in [4.69, 9.17) is 16.3 Å². The van der Waals surface area contributed by atoms with E-state index in [-0.39, 0.29) is 22.5 Å². The summed E-state index contributed by atoms with van der Waals surface area (Å²) in [5.41, 5.74) is 1.38. The van der Waals surface area contributed by atoms with Crippen LogP contribution in [0.4, 0.5) is 0 Å². The van der Waals surface area contributed by atoms with Gasteiger partial charge in [0.2, 0.25) is 10.0 Å². The molecule has 0 bridgehead atoms. The molecule has 2 heterocycles. The quantitative estimate of drug-likeness (QED) is 0.616. The van der Waals surface area contributed by atoms with Gasteiger partial charge in [-0.25, -0.2) is 22.6 Å². The number of sulfonamides is 1. The second-order valence-corrected chi connectivity index (χ2v) is 9.42. The van der Waals surface area contributed by atoms with Crippen LogP contribution in [0.25, 0.3) is 5.65 Å². The fourth-order valence-corrected chi connectivity index (χ4v) is 5.15. The first-order valence-electron chi connectivity index (χ1n) is 8.23. The van der Waals surface area contributed by atoms with Crippen LogP contribution in [0, 0.1) is 0 Å². The average Bonchev–Trinajstić information content (AvgIpc) is 2.97. The zero-order chi connectivity index (χ0) is 19.2. The number of aromatic nitrogens is 3. The number of nitrogens with zero attached hydrogens (tertiary/aromatic N) is 3. The summed E-state index contributed by atoms with van der Waals surface area (Å²) in [6.07, 6.45) is 4.60. The monoisotopic (exact) mass is 470 g/mol. The number of ether oxygens (including phenoxy) is 1. The van der Waals surface area contributed by atoms with Crippen LogP contribution in [0.5, 0.6) is 5.88 Å². The van der Waals surface area contributed by atoms with Crippen LogP contribution in [0.3, 0.4) is 0 Å². The number of methoxy groups -OCH3 is 1. The molecule has 0 spiro atoms. The molecular formula is C17H16BrClN4O3S. The van der Waals surface area contributed by atoms with Crippen LogP contribution in [0.15, 0.2) is 46.0 Å². The molecule has 2 aromatic heterocycles. The molecule has 1 aliphatic rings. The first-order chi connectivity index (χ1) is 12.9. The Bertz CT molecular complexity index is 1100. The van der Waals surface area contributed by atoms with Crippen molar-refractivity contribution >= 4 is 43.2 Å². The molecule has 3 aromatic rings. The van der Waals surface area contributed by atoms with Crippen molar-refractivity contribution in [3.8, 4) is 5.88 Å². The number of rotatable bonds is 5. The molecule has 1 aliphatic carbocycles. The van der Waals surface area contributed by atoms with Gasteiger partial charge < -0.3 is 4.74 Å². The molecule has 10 heteroatoms. The second-order valence-electron chi connectivity index (χ2n) is 6.42. The van der Waals surface area contributed by atoms with E-state index < -0.39 is 10.0 Å². The molecule has 7 nitrogen and oxygen atoms in total. The van der Waals surface area contributed by atoms with Gasteiger partial charge in [-0.15, -0.1) is 5.10 Å². The van der Waals surface area contributed by atoms with Gasteiger partial charge in [0.25, 0.3) is 5.88 Å². The van der Waals surface area contributed by atoms with Gasteiger partial charge in [0.1, 0.15) is 0 Å². The van der Waals surface area contributed by atoms with E-state index in [1.54, 1.807) is 6.20 Å². The molecule has 1 N–H and O–H groups in total. The minimum atomic E-state index is -3.83. The summed E-state index contributed by atoms with van der Waals surface area (Å²) in [4.78, 5) is 4.13. The molecule has 4 rings (SSSR count). The van der Waals surface area contributed by atoms with Crippen LogP contribution < -0.4 is 9.46 Å². The highest BCUT2D eigenvalue weighted by molar-refractivity contribution is 9.10. The highest BCUT2D eigenvalue weighted by atomic mass is 79.9. The van der Waals surface area contributed by atoms with Crippen LogP contribution in [0.1, 0.15) is 24.3 Å². The Labute approximate surface area is 169 Å². The Morgan fingerprint density at radius 1 is 1.30 bits per heavy atom. The standard InChI is InChI=1S/C17H16BrClN4O3S/c1-26-17-15(16-20-8-12(18)9-23(16)21-17)27(24,25)22-14-6-11(7-14)10-2-4-13(19)5-3-10/h2-5,8-9,11,14,22H,6-7H2,1H3. The number of hydrogen-bond donors (Lipinski definition) is 1. The third kappa shape index (κ3) is 3.56. The molecule has 0 unspecified atom stereocenters. The van der Waals surface area contributed by atoms with Crippen molar-refractivity contribution < 1.29 is 13.2 Å². The van der Waals surface area contributed by atoms with Gasteiger partial charge in [0, 0.05) is 23.5 Å². The summed E-state index contributed by atoms with van der Waals surface area (Å²) in [5, 5.41) is 4.84. The van der Waals surface area contributed by atoms with Gasteiger partial charge in [0.05, 0.1) is 11.6 Å². The Hall–Kier alpha value is -1.68. The Morgan fingerprint density at radius 3 is 2.67 bits per heavy atom. The first kappa shape index (κ1) is 18.7. The van der Waals surface area contributed by atoms with Gasteiger partial charge in [-0.2, -0.15) is 0 Å². The third-order valence-electron chi connectivity index (χ3n) is 4.63. The van der Waals surface area contributed by atoms with Gasteiger partial charge in [-0.1, -0.05) is 23.7 Å². The molecule has 1 aromatic carbocycles. The minimum Gasteiger partial charge on any atom is -0.479 e. The Morgan fingerprint density at radius 2 is 2.00 bits per heavy atom. The van der Waals surface area contributed by atoms with E-state index in [0.29, 0.717) is 15.4 Å². The van der Waals surface area contributed by atoms with Crippen molar-refractivity contribution in [2.24, 2.45) is 0 Å². The van der Waals surface area contributed by atoms with Gasteiger partial charge in [0.15, 0.2) is 10.5 Å². The van der Waals surface area contributed by atoms with Crippen LogP contribution >= 0.6 is 27.5 Å². The fourth-order valence-electron chi connectivity index (χ4n) is 3.24. The molecule has 27 heavy (non-hydrogen) atoms. The average molecular weight is 472 g/mol. The number of halogens is 2. The van der Waals surface area contributed by atoms with Crippen LogP contribution in [-0.4, -0.2) is 36.2 Å². The molecule has 142 valence electrons. The van der Waals surface area contributed by atoms with Gasteiger partial charge in [-0.05, 0) is 52.4 Å². The highest BCUT2D eigenvalue weighted by Crippen LogP contribution is 2.38. The molecule has 0 saturated heterocycles. The smallest absolute Gasteiger partial charge is 0.255 e. The number of benzene rings is 1.